The Morgan fingerprint density at radius 2 is 1.96 bits per heavy atom. The van der Waals surface area contributed by atoms with Gasteiger partial charge in [0.05, 0.1) is 12.6 Å². The molecule has 0 spiro atoms. The number of hydrogen-bond donors (Lipinski definition) is 2. The Labute approximate surface area is 142 Å². The molecule has 0 bridgehead atoms. The van der Waals surface area contributed by atoms with Gasteiger partial charge in [0, 0.05) is 44.2 Å². The van der Waals surface area contributed by atoms with E-state index in [2.05, 4.69) is 39.1 Å². The Morgan fingerprint density at radius 1 is 1.22 bits per heavy atom. The van der Waals surface area contributed by atoms with Gasteiger partial charge in [0.2, 0.25) is 0 Å². The predicted molar refractivity (Wildman–Crippen MR) is 96.6 cm³/mol. The number of aliphatic hydroxyl groups is 1. The van der Waals surface area contributed by atoms with Gasteiger partial charge in [-0.05, 0) is 17.5 Å². The molecule has 0 amide bonds. The van der Waals surface area contributed by atoms with Gasteiger partial charge in [-0.2, -0.15) is 11.8 Å². The maximum Gasteiger partial charge on any atom is 0.191 e. The lowest BCUT2D eigenvalue weighted by Crippen LogP contribution is -2.42. The lowest BCUT2D eigenvalue weighted by molar-refractivity contribution is 0.174. The molecule has 6 heteroatoms. The fraction of sp³-hybridized carbons (Fsp3) is 0.588. The van der Waals surface area contributed by atoms with Gasteiger partial charge in [0.25, 0.3) is 0 Å². The summed E-state index contributed by atoms with van der Waals surface area (Å²) in [6, 6.07) is 8.41. The summed E-state index contributed by atoms with van der Waals surface area (Å²) in [5.41, 5.74) is 8.66. The van der Waals surface area contributed by atoms with Crippen molar-refractivity contribution >= 4 is 17.7 Å². The number of rotatable bonds is 4. The first-order chi connectivity index (χ1) is 11.2. The van der Waals surface area contributed by atoms with Crippen molar-refractivity contribution in [3.8, 4) is 0 Å². The summed E-state index contributed by atoms with van der Waals surface area (Å²) in [5.74, 6) is 2.92. The fourth-order valence-corrected chi connectivity index (χ4v) is 4.02. The number of guanidine groups is 1. The van der Waals surface area contributed by atoms with Crippen LogP contribution in [0.4, 0.5) is 0 Å². The van der Waals surface area contributed by atoms with Crippen LogP contribution in [0.5, 0.6) is 0 Å². The summed E-state index contributed by atoms with van der Waals surface area (Å²) in [7, 11) is 0. The lowest BCUT2D eigenvalue weighted by Gasteiger charge is -2.27. The zero-order valence-corrected chi connectivity index (χ0v) is 14.3. The summed E-state index contributed by atoms with van der Waals surface area (Å²) >= 11 is 1.97. The molecule has 0 aliphatic carbocycles. The molecule has 2 heterocycles. The molecule has 23 heavy (non-hydrogen) atoms. The Bertz CT molecular complexity index is 545. The largest absolute Gasteiger partial charge is 0.392 e. The zero-order valence-electron chi connectivity index (χ0n) is 13.5. The van der Waals surface area contributed by atoms with Crippen LogP contribution in [0, 0.1) is 0 Å². The van der Waals surface area contributed by atoms with E-state index in [4.69, 9.17) is 5.73 Å². The predicted octanol–water partition coefficient (Wildman–Crippen LogP) is 1.12. The molecule has 2 fully saturated rings. The van der Waals surface area contributed by atoms with Crippen molar-refractivity contribution in [2.45, 2.75) is 25.6 Å². The third kappa shape index (κ3) is 4.62. The number of aliphatic hydroxyl groups excluding tert-OH is 1. The molecule has 1 atom stereocenters. The number of hydrogen-bond acceptors (Lipinski definition) is 4. The SMILES string of the molecule is NC(=NCc1ccccc1CN1CCC(O)C1)N1CCSCC1. The van der Waals surface area contributed by atoms with Crippen molar-refractivity contribution in [1.29, 1.82) is 0 Å². The van der Waals surface area contributed by atoms with Crippen molar-refractivity contribution in [2.24, 2.45) is 10.7 Å². The van der Waals surface area contributed by atoms with E-state index in [1.54, 1.807) is 0 Å². The number of benzene rings is 1. The highest BCUT2D eigenvalue weighted by atomic mass is 32.2. The number of aliphatic imine (C=N–C) groups is 1. The van der Waals surface area contributed by atoms with Gasteiger partial charge in [0.1, 0.15) is 0 Å². The molecule has 5 nitrogen and oxygen atoms in total. The van der Waals surface area contributed by atoms with Crippen LogP contribution in [0.25, 0.3) is 0 Å². The molecule has 3 rings (SSSR count). The molecule has 0 aromatic heterocycles. The maximum atomic E-state index is 9.68. The minimum absolute atomic E-state index is 0.173. The molecule has 2 saturated heterocycles. The average molecular weight is 334 g/mol. The van der Waals surface area contributed by atoms with Gasteiger partial charge in [-0.1, -0.05) is 24.3 Å². The van der Waals surface area contributed by atoms with Crippen molar-refractivity contribution in [1.82, 2.24) is 9.80 Å². The molecule has 3 N–H and O–H groups in total. The van der Waals surface area contributed by atoms with E-state index in [1.165, 1.54) is 11.1 Å². The minimum Gasteiger partial charge on any atom is -0.392 e. The highest BCUT2D eigenvalue weighted by molar-refractivity contribution is 7.99. The number of thioether (sulfide) groups is 1. The van der Waals surface area contributed by atoms with E-state index < -0.39 is 0 Å². The van der Waals surface area contributed by atoms with E-state index in [0.717, 1.165) is 50.7 Å². The zero-order chi connectivity index (χ0) is 16.1. The van der Waals surface area contributed by atoms with E-state index in [-0.39, 0.29) is 6.10 Å². The van der Waals surface area contributed by atoms with Gasteiger partial charge < -0.3 is 15.7 Å². The monoisotopic (exact) mass is 334 g/mol. The van der Waals surface area contributed by atoms with Crippen LogP contribution in [-0.4, -0.2) is 64.7 Å². The molecule has 126 valence electrons. The molecular formula is C17H26N4OS. The van der Waals surface area contributed by atoms with Crippen LogP contribution in [0.3, 0.4) is 0 Å². The summed E-state index contributed by atoms with van der Waals surface area (Å²) in [4.78, 5) is 9.09. The topological polar surface area (TPSA) is 65.1 Å². The molecule has 1 unspecified atom stereocenters. The van der Waals surface area contributed by atoms with Crippen LogP contribution in [0.1, 0.15) is 17.5 Å². The standard InChI is InChI=1S/C17H26N4OS/c18-17(21-7-9-23-10-8-21)19-11-14-3-1-2-4-15(14)12-20-6-5-16(22)13-20/h1-4,16,22H,5-13H2,(H2,18,19). The number of likely N-dealkylation sites (tertiary alicyclic amines) is 1. The molecule has 0 saturated carbocycles. The average Bonchev–Trinajstić information content (AvgIpc) is 2.99. The molecule has 1 aromatic rings. The van der Waals surface area contributed by atoms with Crippen molar-refractivity contribution < 1.29 is 5.11 Å². The number of nitrogens with two attached hydrogens (primary N) is 1. The number of β-amino-alcohol motifs (C(OH)–C–C–N with tert-alkyl or cyclic N) is 1. The van der Waals surface area contributed by atoms with Gasteiger partial charge >= 0.3 is 0 Å². The molecule has 1 aromatic carbocycles. The Morgan fingerprint density at radius 3 is 2.65 bits per heavy atom. The smallest absolute Gasteiger partial charge is 0.191 e. The Balaban J connectivity index is 1.63. The van der Waals surface area contributed by atoms with E-state index in [0.29, 0.717) is 12.5 Å². The lowest BCUT2D eigenvalue weighted by atomic mass is 10.1. The van der Waals surface area contributed by atoms with E-state index in [1.807, 2.05) is 11.8 Å². The van der Waals surface area contributed by atoms with Gasteiger partial charge in [0.15, 0.2) is 5.96 Å². The first-order valence-electron chi connectivity index (χ1n) is 8.32. The van der Waals surface area contributed by atoms with Crippen molar-refractivity contribution in [3.05, 3.63) is 35.4 Å². The maximum absolute atomic E-state index is 9.68. The van der Waals surface area contributed by atoms with E-state index >= 15 is 0 Å². The van der Waals surface area contributed by atoms with Crippen LogP contribution < -0.4 is 5.73 Å². The quantitative estimate of drug-likeness (QED) is 0.638. The van der Waals surface area contributed by atoms with Crippen LogP contribution >= 0.6 is 11.8 Å². The van der Waals surface area contributed by atoms with Crippen molar-refractivity contribution in [2.75, 3.05) is 37.7 Å². The van der Waals surface area contributed by atoms with Crippen LogP contribution in [-0.2, 0) is 13.1 Å². The Hall–Kier alpha value is -1.24. The molecule has 0 radical (unpaired) electrons. The van der Waals surface area contributed by atoms with Gasteiger partial charge in [-0.15, -0.1) is 0 Å². The minimum atomic E-state index is -0.173. The first kappa shape index (κ1) is 16.6. The second kappa shape index (κ2) is 8.04. The summed E-state index contributed by atoms with van der Waals surface area (Å²) in [5, 5.41) is 9.68. The number of nitrogens with zero attached hydrogens (tertiary/aromatic N) is 3. The van der Waals surface area contributed by atoms with Gasteiger partial charge in [-0.25, -0.2) is 4.99 Å². The third-order valence-electron chi connectivity index (χ3n) is 4.51. The summed E-state index contributed by atoms with van der Waals surface area (Å²) < 4.78 is 0. The van der Waals surface area contributed by atoms with Crippen LogP contribution in [0.2, 0.25) is 0 Å². The van der Waals surface area contributed by atoms with Gasteiger partial charge in [-0.3, -0.25) is 4.90 Å². The summed E-state index contributed by atoms with van der Waals surface area (Å²) in [6.45, 7) is 5.23. The summed E-state index contributed by atoms with van der Waals surface area (Å²) in [6.07, 6.45) is 0.702. The molecule has 2 aliphatic rings. The van der Waals surface area contributed by atoms with E-state index in [9.17, 15) is 5.11 Å². The fourth-order valence-electron chi connectivity index (χ4n) is 3.12. The molecule has 2 aliphatic heterocycles. The third-order valence-corrected chi connectivity index (χ3v) is 5.45. The van der Waals surface area contributed by atoms with Crippen LogP contribution in [0.15, 0.2) is 29.3 Å². The second-order valence-electron chi connectivity index (χ2n) is 6.22. The highest BCUT2D eigenvalue weighted by Crippen LogP contribution is 2.17. The van der Waals surface area contributed by atoms with Crippen molar-refractivity contribution in [3.63, 3.8) is 0 Å². The second-order valence-corrected chi connectivity index (χ2v) is 7.44. The highest BCUT2D eigenvalue weighted by Gasteiger charge is 2.20. The molecular weight excluding hydrogens is 308 g/mol. The first-order valence-corrected chi connectivity index (χ1v) is 9.47. The Kier molecular flexibility index (Phi) is 5.80. The normalized spacial score (nSPS) is 23.4.